The van der Waals surface area contributed by atoms with Crippen LogP contribution in [0.4, 0.5) is 0 Å². The van der Waals surface area contributed by atoms with E-state index >= 15 is 0 Å². The average molecular weight is 312 g/mol. The van der Waals surface area contributed by atoms with Crippen LogP contribution in [0, 0.1) is 6.92 Å². The van der Waals surface area contributed by atoms with Crippen LogP contribution in [0.3, 0.4) is 0 Å². The fourth-order valence-corrected chi connectivity index (χ4v) is 1.88. The Morgan fingerprint density at radius 1 is 1.09 bits per heavy atom. The van der Waals surface area contributed by atoms with Gasteiger partial charge in [-0.05, 0) is 48.4 Å². The van der Waals surface area contributed by atoms with Gasteiger partial charge in [0.05, 0.1) is 6.21 Å². The topological polar surface area (TPSA) is 59.9 Å². The highest BCUT2D eigenvalue weighted by Gasteiger charge is 1.98. The van der Waals surface area contributed by atoms with E-state index < -0.39 is 0 Å². The zero-order valence-electron chi connectivity index (χ0n) is 13.3. The molecule has 2 aromatic rings. The number of rotatable bonds is 7. The fourth-order valence-electron chi connectivity index (χ4n) is 1.88. The van der Waals surface area contributed by atoms with Crippen LogP contribution in [0.15, 0.2) is 53.6 Å². The quantitative estimate of drug-likeness (QED) is 0.486. The second-order valence-electron chi connectivity index (χ2n) is 4.96. The molecule has 0 aliphatic carbocycles. The van der Waals surface area contributed by atoms with Gasteiger partial charge in [0.15, 0.2) is 0 Å². The minimum atomic E-state index is -0.199. The highest BCUT2D eigenvalue weighted by molar-refractivity contribution is 5.81. The lowest BCUT2D eigenvalue weighted by atomic mass is 10.2. The van der Waals surface area contributed by atoms with E-state index in [1.165, 1.54) is 6.92 Å². The third-order valence-electron chi connectivity index (χ3n) is 3.02. The number of hydrogen-bond acceptors (Lipinski definition) is 4. The summed E-state index contributed by atoms with van der Waals surface area (Å²) < 4.78 is 11.3. The second-order valence-corrected chi connectivity index (χ2v) is 4.96. The number of nitrogens with zero attached hydrogens (tertiary/aromatic N) is 1. The number of ether oxygens (including phenoxy) is 2. The van der Waals surface area contributed by atoms with Crippen LogP contribution in [-0.2, 0) is 4.79 Å². The third kappa shape index (κ3) is 5.82. The highest BCUT2D eigenvalue weighted by atomic mass is 16.5. The summed E-state index contributed by atoms with van der Waals surface area (Å²) in [5.41, 5.74) is 4.34. The molecule has 0 unspecified atom stereocenters. The van der Waals surface area contributed by atoms with E-state index in [1.807, 2.05) is 55.5 Å². The van der Waals surface area contributed by atoms with Crippen LogP contribution >= 0.6 is 0 Å². The Labute approximate surface area is 135 Å². The smallest absolute Gasteiger partial charge is 0.236 e. The largest absolute Gasteiger partial charge is 0.490 e. The number of carbonyl (C=O) groups excluding carboxylic acids is 1. The van der Waals surface area contributed by atoms with Crippen molar-refractivity contribution in [3.63, 3.8) is 0 Å². The molecule has 0 heterocycles. The predicted molar refractivity (Wildman–Crippen MR) is 90.0 cm³/mol. The molecule has 5 heteroatoms. The summed E-state index contributed by atoms with van der Waals surface area (Å²) in [6.45, 7) is 4.37. The van der Waals surface area contributed by atoms with Crippen molar-refractivity contribution >= 4 is 12.1 Å². The number of nitrogens with one attached hydrogen (secondary N) is 1. The minimum Gasteiger partial charge on any atom is -0.490 e. The molecule has 0 fully saturated rings. The monoisotopic (exact) mass is 312 g/mol. The molecule has 0 saturated carbocycles. The van der Waals surface area contributed by atoms with Crippen molar-refractivity contribution in [1.82, 2.24) is 5.43 Å². The second kappa shape index (κ2) is 8.58. The molecule has 0 spiro atoms. The molecule has 0 bridgehead atoms. The molecule has 1 N–H and O–H groups in total. The van der Waals surface area contributed by atoms with Crippen molar-refractivity contribution in [3.8, 4) is 11.5 Å². The molecular weight excluding hydrogens is 292 g/mol. The van der Waals surface area contributed by atoms with E-state index in [1.54, 1.807) is 6.21 Å². The van der Waals surface area contributed by atoms with Crippen LogP contribution in [0.25, 0.3) is 0 Å². The van der Waals surface area contributed by atoms with Crippen molar-refractivity contribution in [2.45, 2.75) is 13.8 Å². The molecule has 0 aliphatic heterocycles. The SMILES string of the molecule is CC(=O)N/N=C/c1ccc(OCCOc2ccccc2C)cc1. The molecule has 1 amide bonds. The van der Waals surface area contributed by atoms with Gasteiger partial charge < -0.3 is 9.47 Å². The van der Waals surface area contributed by atoms with E-state index in [4.69, 9.17) is 9.47 Å². The molecule has 0 aromatic heterocycles. The fraction of sp³-hybridized carbons (Fsp3) is 0.222. The Balaban J connectivity index is 1.75. The summed E-state index contributed by atoms with van der Waals surface area (Å²) in [5.74, 6) is 1.44. The Bertz CT molecular complexity index is 666. The van der Waals surface area contributed by atoms with Gasteiger partial charge in [0.1, 0.15) is 24.7 Å². The number of benzene rings is 2. The first kappa shape index (κ1) is 16.5. The normalized spacial score (nSPS) is 10.5. The minimum absolute atomic E-state index is 0.199. The first-order valence-electron chi connectivity index (χ1n) is 7.36. The number of hydrogen-bond donors (Lipinski definition) is 1. The first-order valence-corrected chi connectivity index (χ1v) is 7.36. The van der Waals surface area contributed by atoms with E-state index in [0.717, 1.165) is 22.6 Å². The molecule has 120 valence electrons. The number of carbonyl (C=O) groups is 1. The van der Waals surface area contributed by atoms with E-state index in [9.17, 15) is 4.79 Å². The van der Waals surface area contributed by atoms with Gasteiger partial charge in [-0.3, -0.25) is 4.79 Å². The molecule has 0 saturated heterocycles. The maximum atomic E-state index is 10.7. The molecule has 2 aromatic carbocycles. The van der Waals surface area contributed by atoms with Crippen LogP contribution < -0.4 is 14.9 Å². The molecule has 0 radical (unpaired) electrons. The summed E-state index contributed by atoms with van der Waals surface area (Å²) in [7, 11) is 0. The zero-order valence-corrected chi connectivity index (χ0v) is 13.3. The lowest BCUT2D eigenvalue weighted by molar-refractivity contribution is -0.118. The van der Waals surface area contributed by atoms with Crippen molar-refractivity contribution in [2.75, 3.05) is 13.2 Å². The van der Waals surface area contributed by atoms with Crippen LogP contribution in [0.5, 0.6) is 11.5 Å². The number of aryl methyl sites for hydroxylation is 1. The van der Waals surface area contributed by atoms with Gasteiger partial charge in [0.2, 0.25) is 5.91 Å². The average Bonchev–Trinajstić information content (AvgIpc) is 2.54. The van der Waals surface area contributed by atoms with Crippen LogP contribution in [0.2, 0.25) is 0 Å². The lowest BCUT2D eigenvalue weighted by Gasteiger charge is -2.10. The van der Waals surface area contributed by atoms with E-state index in [-0.39, 0.29) is 5.91 Å². The molecule has 0 atom stereocenters. The standard InChI is InChI=1S/C18H20N2O3/c1-14-5-3-4-6-18(14)23-12-11-22-17-9-7-16(8-10-17)13-19-20-15(2)21/h3-10,13H,11-12H2,1-2H3,(H,20,21)/b19-13+. The predicted octanol–water partition coefficient (Wildman–Crippen LogP) is 2.92. The van der Waals surface area contributed by atoms with Crippen LogP contribution in [0.1, 0.15) is 18.1 Å². The van der Waals surface area contributed by atoms with E-state index in [0.29, 0.717) is 13.2 Å². The molecule has 0 aliphatic rings. The summed E-state index contributed by atoms with van der Waals surface area (Å²) in [6, 6.07) is 15.3. The van der Waals surface area contributed by atoms with Crippen LogP contribution in [-0.4, -0.2) is 25.3 Å². The number of para-hydroxylation sites is 1. The summed E-state index contributed by atoms with van der Waals surface area (Å²) in [4.78, 5) is 10.7. The van der Waals surface area contributed by atoms with Gasteiger partial charge in [0.25, 0.3) is 0 Å². The lowest BCUT2D eigenvalue weighted by Crippen LogP contribution is -2.12. The number of hydrazone groups is 1. The third-order valence-corrected chi connectivity index (χ3v) is 3.02. The van der Waals surface area contributed by atoms with Crippen molar-refractivity contribution < 1.29 is 14.3 Å². The van der Waals surface area contributed by atoms with Gasteiger partial charge in [-0.2, -0.15) is 5.10 Å². The first-order chi connectivity index (χ1) is 11.1. The molecular formula is C18H20N2O3. The summed E-state index contributed by atoms with van der Waals surface area (Å²) in [6.07, 6.45) is 1.58. The maximum Gasteiger partial charge on any atom is 0.236 e. The van der Waals surface area contributed by atoms with Gasteiger partial charge in [-0.25, -0.2) is 5.43 Å². The van der Waals surface area contributed by atoms with Crippen molar-refractivity contribution in [2.24, 2.45) is 5.10 Å². The van der Waals surface area contributed by atoms with Crippen molar-refractivity contribution in [3.05, 3.63) is 59.7 Å². The molecule has 5 nitrogen and oxygen atoms in total. The molecule has 23 heavy (non-hydrogen) atoms. The Kier molecular flexibility index (Phi) is 6.17. The summed E-state index contributed by atoms with van der Waals surface area (Å²) >= 11 is 0. The Hall–Kier alpha value is -2.82. The van der Waals surface area contributed by atoms with Gasteiger partial charge >= 0.3 is 0 Å². The Morgan fingerprint density at radius 2 is 1.78 bits per heavy atom. The molecule has 2 rings (SSSR count). The number of amides is 1. The summed E-state index contributed by atoms with van der Waals surface area (Å²) in [5, 5.41) is 3.80. The maximum absolute atomic E-state index is 10.7. The van der Waals surface area contributed by atoms with Gasteiger partial charge in [-0.1, -0.05) is 18.2 Å². The van der Waals surface area contributed by atoms with Gasteiger partial charge in [0, 0.05) is 6.92 Å². The van der Waals surface area contributed by atoms with Gasteiger partial charge in [-0.15, -0.1) is 0 Å². The highest BCUT2D eigenvalue weighted by Crippen LogP contribution is 2.16. The van der Waals surface area contributed by atoms with E-state index in [2.05, 4.69) is 10.5 Å². The Morgan fingerprint density at radius 3 is 2.48 bits per heavy atom. The zero-order chi connectivity index (χ0) is 16.5. The van der Waals surface area contributed by atoms with Crippen molar-refractivity contribution in [1.29, 1.82) is 0 Å².